The fourth-order valence-corrected chi connectivity index (χ4v) is 4.09. The average Bonchev–Trinajstić information content (AvgIpc) is 3.69. The molecule has 0 saturated carbocycles. The molecule has 12 nitrogen and oxygen atoms in total. The molecule has 0 saturated heterocycles. The number of imidazole rings is 1. The van der Waals surface area contributed by atoms with Gasteiger partial charge in [0.15, 0.2) is 5.65 Å². The van der Waals surface area contributed by atoms with Crippen LogP contribution in [0.4, 0.5) is 29.3 Å². The maximum Gasteiger partial charge on any atom is 0.416 e. The highest BCUT2D eigenvalue weighted by Gasteiger charge is 2.31. The topological polar surface area (TPSA) is 133 Å². The third-order valence-electron chi connectivity index (χ3n) is 6.12. The number of carbonyl (C=O) groups is 1. The summed E-state index contributed by atoms with van der Waals surface area (Å²) in [6.45, 7) is 0. The predicted molar refractivity (Wildman–Crippen MR) is 148 cm³/mol. The number of benzene rings is 2. The third kappa shape index (κ3) is 5.90. The van der Waals surface area contributed by atoms with Crippen LogP contribution in [0.2, 0.25) is 0 Å². The molecule has 0 fully saturated rings. The molecule has 15 heteroatoms. The van der Waals surface area contributed by atoms with Gasteiger partial charge in [0.05, 0.1) is 54.0 Å². The molecule has 2 amide bonds. The molecule has 6 rings (SSSR count). The Bertz CT molecular complexity index is 1890. The van der Waals surface area contributed by atoms with Gasteiger partial charge in [0.2, 0.25) is 5.88 Å². The number of rotatable bonds is 7. The van der Waals surface area contributed by atoms with E-state index in [4.69, 9.17) is 9.47 Å². The zero-order chi connectivity index (χ0) is 30.0. The van der Waals surface area contributed by atoms with Crippen LogP contribution in [0.25, 0.3) is 22.6 Å². The van der Waals surface area contributed by atoms with Crippen LogP contribution in [0.1, 0.15) is 5.56 Å². The van der Waals surface area contributed by atoms with Crippen molar-refractivity contribution in [2.75, 3.05) is 17.7 Å². The van der Waals surface area contributed by atoms with Crippen LogP contribution in [0, 0.1) is 0 Å². The minimum Gasteiger partial charge on any atom is -0.480 e. The molecule has 2 N–H and O–H groups in total. The number of anilines is 2. The standard InChI is InChI=1S/C28H20F3N9O3/c1-42-25-10-9-24-32-16-23(40(24)38-25)17-3-6-20(7-4-17)43-27-33-14-19(15-34-27)36-26(41)37-21-8-5-18(28(29,30)31)13-22(21)39-12-2-11-35-39/h2-16H,1H3,(H2,36,37,41). The lowest BCUT2D eigenvalue weighted by molar-refractivity contribution is -0.137. The van der Waals surface area contributed by atoms with E-state index in [9.17, 15) is 18.0 Å². The summed E-state index contributed by atoms with van der Waals surface area (Å²) in [4.78, 5) is 25.2. The largest absolute Gasteiger partial charge is 0.480 e. The summed E-state index contributed by atoms with van der Waals surface area (Å²) in [5.74, 6) is 0.924. The number of ether oxygens (including phenoxy) is 2. The van der Waals surface area contributed by atoms with Crippen molar-refractivity contribution in [3.63, 3.8) is 0 Å². The second kappa shape index (κ2) is 11.1. The molecule has 0 aliphatic rings. The number of halogens is 3. The van der Waals surface area contributed by atoms with Crippen molar-refractivity contribution in [3.05, 3.63) is 97.2 Å². The van der Waals surface area contributed by atoms with E-state index in [-0.39, 0.29) is 23.1 Å². The van der Waals surface area contributed by atoms with Gasteiger partial charge in [0.1, 0.15) is 5.75 Å². The highest BCUT2D eigenvalue weighted by atomic mass is 19.4. The van der Waals surface area contributed by atoms with E-state index in [0.29, 0.717) is 17.3 Å². The number of alkyl halides is 3. The number of amides is 2. The molecule has 43 heavy (non-hydrogen) atoms. The van der Waals surface area contributed by atoms with E-state index in [1.54, 1.807) is 48.2 Å². The van der Waals surface area contributed by atoms with E-state index in [1.807, 2.05) is 12.1 Å². The van der Waals surface area contributed by atoms with Crippen molar-refractivity contribution in [1.29, 1.82) is 0 Å². The first kappa shape index (κ1) is 27.2. The summed E-state index contributed by atoms with van der Waals surface area (Å²) in [6.07, 6.45) is 2.68. The summed E-state index contributed by atoms with van der Waals surface area (Å²) in [5.41, 5.74) is 1.77. The Balaban J connectivity index is 1.11. The van der Waals surface area contributed by atoms with Crippen molar-refractivity contribution in [3.8, 4) is 34.6 Å². The Kier molecular flexibility index (Phi) is 7.03. The van der Waals surface area contributed by atoms with Gasteiger partial charge < -0.3 is 20.1 Å². The molecule has 2 aromatic carbocycles. The normalized spacial score (nSPS) is 11.3. The van der Waals surface area contributed by atoms with Crippen LogP contribution in [0.5, 0.6) is 17.6 Å². The van der Waals surface area contributed by atoms with E-state index in [1.165, 1.54) is 29.5 Å². The first-order valence-corrected chi connectivity index (χ1v) is 12.6. The molecule has 0 bridgehead atoms. The zero-order valence-electron chi connectivity index (χ0n) is 22.1. The molecule has 0 radical (unpaired) electrons. The molecule has 0 aliphatic carbocycles. The molecule has 6 aromatic rings. The minimum atomic E-state index is -4.56. The lowest BCUT2D eigenvalue weighted by Crippen LogP contribution is -2.21. The fourth-order valence-electron chi connectivity index (χ4n) is 4.09. The second-order valence-corrected chi connectivity index (χ2v) is 8.93. The number of fused-ring (bicyclic) bond motifs is 1. The van der Waals surface area contributed by atoms with Gasteiger partial charge >= 0.3 is 18.2 Å². The van der Waals surface area contributed by atoms with Gasteiger partial charge in [-0.3, -0.25) is 0 Å². The number of hydrogen-bond donors (Lipinski definition) is 2. The quantitative estimate of drug-likeness (QED) is 0.238. The zero-order valence-corrected chi connectivity index (χ0v) is 22.1. The number of methoxy groups -OCH3 is 1. The SMILES string of the molecule is COc1ccc2ncc(-c3ccc(Oc4ncc(NC(=O)Nc5ccc(C(F)(F)F)cc5-n5cccn5)cn4)cc3)n2n1. The number of nitrogens with one attached hydrogen (secondary N) is 2. The Morgan fingerprint density at radius 1 is 0.930 bits per heavy atom. The van der Waals surface area contributed by atoms with Gasteiger partial charge in [-0.05, 0) is 54.6 Å². The summed E-state index contributed by atoms with van der Waals surface area (Å²) in [5, 5.41) is 13.4. The van der Waals surface area contributed by atoms with Crippen LogP contribution in [0.3, 0.4) is 0 Å². The van der Waals surface area contributed by atoms with Crippen LogP contribution >= 0.6 is 0 Å². The van der Waals surface area contributed by atoms with Crippen LogP contribution in [0.15, 0.2) is 91.6 Å². The Hall–Kier alpha value is -5.99. The first-order chi connectivity index (χ1) is 20.8. The fraction of sp³-hybridized carbons (Fsp3) is 0.0714. The maximum absolute atomic E-state index is 13.2. The number of carbonyl (C=O) groups excluding carboxylic acids is 1. The highest BCUT2D eigenvalue weighted by molar-refractivity contribution is 6.00. The molecule has 0 atom stereocenters. The number of nitrogens with zero attached hydrogens (tertiary/aromatic N) is 7. The number of hydrogen-bond acceptors (Lipinski definition) is 8. The number of urea groups is 1. The van der Waals surface area contributed by atoms with Crippen molar-refractivity contribution in [1.82, 2.24) is 34.3 Å². The Morgan fingerprint density at radius 3 is 2.42 bits per heavy atom. The van der Waals surface area contributed by atoms with E-state index < -0.39 is 17.8 Å². The smallest absolute Gasteiger partial charge is 0.416 e. The Labute approximate surface area is 240 Å². The molecule has 216 valence electrons. The summed E-state index contributed by atoms with van der Waals surface area (Å²) < 4.78 is 53.6. The van der Waals surface area contributed by atoms with Crippen LogP contribution < -0.4 is 20.1 Å². The van der Waals surface area contributed by atoms with Gasteiger partial charge in [0, 0.05) is 24.0 Å². The van der Waals surface area contributed by atoms with E-state index >= 15 is 0 Å². The second-order valence-electron chi connectivity index (χ2n) is 8.93. The lowest BCUT2D eigenvalue weighted by atomic mass is 10.1. The maximum atomic E-state index is 13.2. The highest BCUT2D eigenvalue weighted by Crippen LogP contribution is 2.33. The predicted octanol–water partition coefficient (Wildman–Crippen LogP) is 5.84. The monoisotopic (exact) mass is 587 g/mol. The van der Waals surface area contributed by atoms with E-state index in [2.05, 4.69) is 35.8 Å². The summed E-state index contributed by atoms with van der Waals surface area (Å²) in [6, 6.07) is 14.5. The van der Waals surface area contributed by atoms with Gasteiger partial charge in [-0.15, -0.1) is 5.10 Å². The molecule has 0 aliphatic heterocycles. The Morgan fingerprint density at radius 2 is 1.72 bits per heavy atom. The van der Waals surface area contributed by atoms with Crippen molar-refractivity contribution in [2.24, 2.45) is 0 Å². The van der Waals surface area contributed by atoms with Gasteiger partial charge in [0.25, 0.3) is 0 Å². The van der Waals surface area contributed by atoms with Crippen molar-refractivity contribution >= 4 is 23.1 Å². The van der Waals surface area contributed by atoms with Crippen molar-refractivity contribution < 1.29 is 27.4 Å². The van der Waals surface area contributed by atoms with Crippen LogP contribution in [-0.4, -0.2) is 47.5 Å². The number of aromatic nitrogens is 7. The molecule has 0 unspecified atom stereocenters. The molecule has 4 heterocycles. The molecular formula is C28H20F3N9O3. The van der Waals surface area contributed by atoms with E-state index in [0.717, 1.165) is 29.5 Å². The first-order valence-electron chi connectivity index (χ1n) is 12.6. The minimum absolute atomic E-state index is 0.0311. The van der Waals surface area contributed by atoms with Crippen LogP contribution in [-0.2, 0) is 6.18 Å². The summed E-state index contributed by atoms with van der Waals surface area (Å²) in [7, 11) is 1.54. The molecule has 4 aromatic heterocycles. The van der Waals surface area contributed by atoms with Crippen molar-refractivity contribution in [2.45, 2.75) is 6.18 Å². The lowest BCUT2D eigenvalue weighted by Gasteiger charge is -2.15. The average molecular weight is 588 g/mol. The van der Waals surface area contributed by atoms with Gasteiger partial charge in [-0.1, -0.05) is 0 Å². The molecular weight excluding hydrogens is 567 g/mol. The van der Waals surface area contributed by atoms with Gasteiger partial charge in [-0.2, -0.15) is 18.3 Å². The third-order valence-corrected chi connectivity index (χ3v) is 6.12. The summed E-state index contributed by atoms with van der Waals surface area (Å²) >= 11 is 0. The van der Waals surface area contributed by atoms with Gasteiger partial charge in [-0.25, -0.2) is 28.9 Å². The molecule has 0 spiro atoms.